The summed E-state index contributed by atoms with van der Waals surface area (Å²) in [6.07, 6.45) is 1.16. The molecule has 1 atom stereocenters. The van der Waals surface area contributed by atoms with Crippen molar-refractivity contribution in [1.82, 2.24) is 0 Å². The van der Waals surface area contributed by atoms with Gasteiger partial charge >= 0.3 is 0 Å². The zero-order valence-electron chi connectivity index (χ0n) is 9.82. The Balaban J connectivity index is 2.17. The van der Waals surface area contributed by atoms with Crippen molar-refractivity contribution in [2.45, 2.75) is 19.4 Å². The predicted octanol–water partition coefficient (Wildman–Crippen LogP) is 2.31. The van der Waals surface area contributed by atoms with Crippen LogP contribution in [0.5, 0.6) is 0 Å². The molecule has 1 aliphatic heterocycles. The lowest BCUT2D eigenvalue weighted by molar-refractivity contribution is 0.0384. The fourth-order valence-electron chi connectivity index (χ4n) is 1.99. The summed E-state index contributed by atoms with van der Waals surface area (Å²) in [6, 6.07) is 6.57. The number of rotatable bonds is 2. The fraction of sp³-hybridized carbons (Fsp3) is 0.462. The van der Waals surface area contributed by atoms with Crippen molar-refractivity contribution in [2.75, 3.05) is 24.6 Å². The molecule has 0 spiro atoms. The first-order chi connectivity index (χ1) is 8.24. The summed E-state index contributed by atoms with van der Waals surface area (Å²) < 4.78 is 19.1. The number of hydrogen-bond donors (Lipinski definition) is 0. The van der Waals surface area contributed by atoms with E-state index < -0.39 is 5.82 Å². The molecule has 1 fully saturated rings. The molecule has 0 N–H and O–H groups in total. The maximum atomic E-state index is 13.5. The van der Waals surface area contributed by atoms with Crippen LogP contribution in [0.1, 0.15) is 18.9 Å². The highest BCUT2D eigenvalue weighted by atomic mass is 19.1. The lowest BCUT2D eigenvalue weighted by atomic mass is 10.1. The highest BCUT2D eigenvalue weighted by Gasteiger charge is 2.19. The Morgan fingerprint density at radius 3 is 3.06 bits per heavy atom. The smallest absolute Gasteiger partial charge is 0.143 e. The summed E-state index contributed by atoms with van der Waals surface area (Å²) >= 11 is 0. The summed E-state index contributed by atoms with van der Waals surface area (Å²) in [6.45, 7) is 4.29. The van der Waals surface area contributed by atoms with Crippen LogP contribution in [0.25, 0.3) is 0 Å². The van der Waals surface area contributed by atoms with Gasteiger partial charge in [0.1, 0.15) is 11.9 Å². The summed E-state index contributed by atoms with van der Waals surface area (Å²) in [5.41, 5.74) is 0.914. The minimum Gasteiger partial charge on any atom is -0.375 e. The lowest BCUT2D eigenvalue weighted by Gasteiger charge is -2.34. The van der Waals surface area contributed by atoms with Crippen LogP contribution < -0.4 is 4.90 Å². The second kappa shape index (κ2) is 5.15. The maximum Gasteiger partial charge on any atom is 0.143 e. The van der Waals surface area contributed by atoms with Gasteiger partial charge in [-0.25, -0.2) is 4.39 Å². The van der Waals surface area contributed by atoms with Crippen molar-refractivity contribution in [1.29, 1.82) is 5.26 Å². The number of morpholine rings is 1. The number of halogens is 1. The van der Waals surface area contributed by atoms with Crippen LogP contribution >= 0.6 is 0 Å². The fourth-order valence-corrected chi connectivity index (χ4v) is 1.99. The van der Waals surface area contributed by atoms with E-state index in [4.69, 9.17) is 10.00 Å². The van der Waals surface area contributed by atoms with E-state index in [1.54, 1.807) is 6.07 Å². The van der Waals surface area contributed by atoms with Crippen molar-refractivity contribution in [3.8, 4) is 6.07 Å². The normalized spacial score (nSPS) is 20.1. The van der Waals surface area contributed by atoms with Crippen molar-refractivity contribution < 1.29 is 9.13 Å². The molecule has 0 amide bonds. The molecule has 17 heavy (non-hydrogen) atoms. The molecule has 2 rings (SSSR count). The molecule has 1 aromatic carbocycles. The second-order valence-corrected chi connectivity index (χ2v) is 4.12. The van der Waals surface area contributed by atoms with Crippen molar-refractivity contribution >= 4 is 5.69 Å². The maximum absolute atomic E-state index is 13.5. The topological polar surface area (TPSA) is 36.3 Å². The van der Waals surface area contributed by atoms with Gasteiger partial charge < -0.3 is 9.64 Å². The van der Waals surface area contributed by atoms with E-state index >= 15 is 0 Å². The number of hydrogen-bond acceptors (Lipinski definition) is 3. The van der Waals surface area contributed by atoms with Gasteiger partial charge in [0.25, 0.3) is 0 Å². The third kappa shape index (κ3) is 2.56. The van der Waals surface area contributed by atoms with Crippen molar-refractivity contribution in [3.63, 3.8) is 0 Å². The van der Waals surface area contributed by atoms with E-state index in [0.717, 1.165) is 25.2 Å². The molecule has 4 heteroatoms. The standard InChI is InChI=1S/C13H15FN2O/c1-2-12-9-16(5-6-17-12)11-4-3-10(8-15)13(14)7-11/h3-4,7,12H,2,5-6,9H2,1H3. The molecule has 1 saturated heterocycles. The van der Waals surface area contributed by atoms with Crippen molar-refractivity contribution in [3.05, 3.63) is 29.6 Å². The van der Waals surface area contributed by atoms with Gasteiger partial charge in [-0.2, -0.15) is 5.26 Å². The third-order valence-electron chi connectivity index (χ3n) is 3.03. The third-order valence-corrected chi connectivity index (χ3v) is 3.03. The van der Waals surface area contributed by atoms with Crippen LogP contribution in [-0.4, -0.2) is 25.8 Å². The molecule has 1 aliphatic rings. The van der Waals surface area contributed by atoms with Crippen LogP contribution in [0.15, 0.2) is 18.2 Å². The monoisotopic (exact) mass is 234 g/mol. The van der Waals surface area contributed by atoms with E-state index in [1.165, 1.54) is 12.1 Å². The molecular formula is C13H15FN2O. The number of nitrogens with zero attached hydrogens (tertiary/aromatic N) is 2. The van der Waals surface area contributed by atoms with Crippen LogP contribution in [0.3, 0.4) is 0 Å². The SMILES string of the molecule is CCC1CN(c2ccc(C#N)c(F)c2)CCO1. The molecule has 90 valence electrons. The van der Waals surface area contributed by atoms with Gasteiger partial charge in [0.15, 0.2) is 0 Å². The largest absolute Gasteiger partial charge is 0.375 e. The van der Waals surface area contributed by atoms with Crippen LogP contribution in [0, 0.1) is 17.1 Å². The number of benzene rings is 1. The second-order valence-electron chi connectivity index (χ2n) is 4.12. The Kier molecular flexibility index (Phi) is 3.60. The summed E-state index contributed by atoms with van der Waals surface area (Å²) in [7, 11) is 0. The van der Waals surface area contributed by atoms with Gasteiger partial charge in [-0.15, -0.1) is 0 Å². The summed E-state index contributed by atoms with van der Waals surface area (Å²) in [4.78, 5) is 2.10. The van der Waals surface area contributed by atoms with E-state index in [0.29, 0.717) is 6.61 Å². The van der Waals surface area contributed by atoms with E-state index in [9.17, 15) is 4.39 Å². The first-order valence-electron chi connectivity index (χ1n) is 5.80. The quantitative estimate of drug-likeness (QED) is 0.787. The van der Waals surface area contributed by atoms with E-state index in [2.05, 4.69) is 11.8 Å². The van der Waals surface area contributed by atoms with Gasteiger partial charge in [0.05, 0.1) is 18.3 Å². The highest BCUT2D eigenvalue weighted by molar-refractivity contribution is 5.50. The van der Waals surface area contributed by atoms with Crippen molar-refractivity contribution in [2.24, 2.45) is 0 Å². The van der Waals surface area contributed by atoms with E-state index in [1.807, 2.05) is 6.07 Å². The molecule has 0 saturated carbocycles. The molecule has 1 aromatic rings. The van der Waals surface area contributed by atoms with Gasteiger partial charge in [-0.05, 0) is 24.6 Å². The Morgan fingerprint density at radius 2 is 2.41 bits per heavy atom. The molecular weight excluding hydrogens is 219 g/mol. The van der Waals surface area contributed by atoms with Crippen LogP contribution in [0.4, 0.5) is 10.1 Å². The zero-order chi connectivity index (χ0) is 12.3. The Bertz CT molecular complexity index is 442. The molecule has 1 unspecified atom stereocenters. The number of ether oxygens (including phenoxy) is 1. The number of nitriles is 1. The van der Waals surface area contributed by atoms with Crippen LogP contribution in [-0.2, 0) is 4.74 Å². The first kappa shape index (κ1) is 11.9. The highest BCUT2D eigenvalue weighted by Crippen LogP contribution is 2.21. The zero-order valence-corrected chi connectivity index (χ0v) is 9.82. The van der Waals surface area contributed by atoms with Crippen LogP contribution in [0.2, 0.25) is 0 Å². The molecule has 1 heterocycles. The summed E-state index contributed by atoms with van der Waals surface area (Å²) in [5, 5.41) is 8.68. The Hall–Kier alpha value is -1.60. The minimum atomic E-state index is -0.454. The van der Waals surface area contributed by atoms with Gasteiger partial charge in [0, 0.05) is 18.8 Å². The van der Waals surface area contributed by atoms with E-state index in [-0.39, 0.29) is 11.7 Å². The Morgan fingerprint density at radius 1 is 1.59 bits per heavy atom. The molecule has 0 radical (unpaired) electrons. The lowest BCUT2D eigenvalue weighted by Crippen LogP contribution is -2.42. The van der Waals surface area contributed by atoms with Gasteiger partial charge in [-0.1, -0.05) is 6.92 Å². The molecule has 0 aliphatic carbocycles. The van der Waals surface area contributed by atoms with Gasteiger partial charge in [0.2, 0.25) is 0 Å². The average molecular weight is 234 g/mol. The minimum absolute atomic E-state index is 0.0917. The average Bonchev–Trinajstić information content (AvgIpc) is 2.38. The predicted molar refractivity (Wildman–Crippen MR) is 63.4 cm³/mol. The molecule has 0 bridgehead atoms. The molecule has 0 aromatic heterocycles. The van der Waals surface area contributed by atoms with Gasteiger partial charge in [-0.3, -0.25) is 0 Å². The molecule has 3 nitrogen and oxygen atoms in total. The number of anilines is 1. The first-order valence-corrected chi connectivity index (χ1v) is 5.80. The summed E-state index contributed by atoms with van der Waals surface area (Å²) in [5.74, 6) is -0.454. The Labute approximate surface area is 100 Å².